The molecule has 0 aliphatic heterocycles. The molecule has 0 spiro atoms. The molecule has 1 atom stereocenters. The van der Waals surface area contributed by atoms with E-state index in [0.717, 1.165) is 17.8 Å². The highest BCUT2D eigenvalue weighted by atomic mass is 14.9. The first-order chi connectivity index (χ1) is 9.11. The smallest absolute Gasteiger partial charge is 0.0708 e. The molecule has 1 unspecified atom stereocenters. The molecule has 1 aromatic heterocycles. The van der Waals surface area contributed by atoms with E-state index in [1.165, 1.54) is 10.9 Å². The summed E-state index contributed by atoms with van der Waals surface area (Å²) in [5.74, 6) is 0.541. The Morgan fingerprint density at radius 3 is 2.68 bits per heavy atom. The van der Waals surface area contributed by atoms with Crippen LogP contribution in [-0.2, 0) is 6.54 Å². The highest BCUT2D eigenvalue weighted by Gasteiger charge is 2.11. The topological polar surface area (TPSA) is 50.9 Å². The van der Waals surface area contributed by atoms with Crippen molar-refractivity contribution in [2.24, 2.45) is 11.7 Å². The molecule has 2 aromatic rings. The Hall–Kier alpha value is -1.45. The van der Waals surface area contributed by atoms with Gasteiger partial charge in [-0.25, -0.2) is 0 Å². The van der Waals surface area contributed by atoms with Gasteiger partial charge >= 0.3 is 0 Å². The predicted molar refractivity (Wildman–Crippen MR) is 81.0 cm³/mol. The minimum atomic E-state index is 0.354. The normalized spacial score (nSPS) is 13.1. The molecule has 3 nitrogen and oxygen atoms in total. The third kappa shape index (κ3) is 3.31. The second-order valence-electron chi connectivity index (χ2n) is 5.41. The number of nitrogens with two attached hydrogens (primary N) is 1. The largest absolute Gasteiger partial charge is 0.329 e. The molecule has 0 saturated heterocycles. The van der Waals surface area contributed by atoms with Crippen LogP contribution in [0, 0.1) is 12.8 Å². The zero-order valence-electron chi connectivity index (χ0n) is 12.0. The number of rotatable bonds is 5. The number of benzene rings is 1. The lowest BCUT2D eigenvalue weighted by molar-refractivity contribution is 0.405. The van der Waals surface area contributed by atoms with Crippen LogP contribution in [0.15, 0.2) is 30.3 Å². The zero-order valence-corrected chi connectivity index (χ0v) is 12.0. The fraction of sp³-hybridized carbons (Fsp3) is 0.438. The van der Waals surface area contributed by atoms with Gasteiger partial charge in [0.1, 0.15) is 0 Å². The fourth-order valence-electron chi connectivity index (χ4n) is 2.37. The molecule has 0 aliphatic carbocycles. The van der Waals surface area contributed by atoms with Crippen molar-refractivity contribution in [2.75, 3.05) is 6.54 Å². The summed E-state index contributed by atoms with van der Waals surface area (Å²) >= 11 is 0. The SMILES string of the molecule is Cc1cc(CNC(CN)C(C)C)c2ccccc2n1. The lowest BCUT2D eigenvalue weighted by atomic mass is 10.0. The highest BCUT2D eigenvalue weighted by molar-refractivity contribution is 5.82. The van der Waals surface area contributed by atoms with Gasteiger partial charge in [0, 0.05) is 30.2 Å². The van der Waals surface area contributed by atoms with Gasteiger partial charge < -0.3 is 11.1 Å². The van der Waals surface area contributed by atoms with Gasteiger partial charge in [0.2, 0.25) is 0 Å². The Bertz CT molecular complexity index is 549. The molecule has 0 saturated carbocycles. The molecular weight excluding hydrogens is 234 g/mol. The second kappa shape index (κ2) is 6.13. The van der Waals surface area contributed by atoms with Crippen LogP contribution < -0.4 is 11.1 Å². The van der Waals surface area contributed by atoms with Gasteiger partial charge in [-0.2, -0.15) is 0 Å². The summed E-state index contributed by atoms with van der Waals surface area (Å²) in [6, 6.07) is 10.8. The van der Waals surface area contributed by atoms with Gasteiger partial charge in [0.25, 0.3) is 0 Å². The van der Waals surface area contributed by atoms with E-state index in [0.29, 0.717) is 18.5 Å². The average Bonchev–Trinajstić information content (AvgIpc) is 2.38. The maximum Gasteiger partial charge on any atom is 0.0708 e. The first-order valence-corrected chi connectivity index (χ1v) is 6.90. The van der Waals surface area contributed by atoms with Crippen LogP contribution >= 0.6 is 0 Å². The van der Waals surface area contributed by atoms with Gasteiger partial charge in [-0.15, -0.1) is 0 Å². The summed E-state index contributed by atoms with van der Waals surface area (Å²) in [6.45, 7) is 7.93. The third-order valence-corrected chi connectivity index (χ3v) is 3.54. The van der Waals surface area contributed by atoms with Crippen molar-refractivity contribution in [1.29, 1.82) is 0 Å². The highest BCUT2D eigenvalue weighted by Crippen LogP contribution is 2.18. The van der Waals surface area contributed by atoms with E-state index in [1.54, 1.807) is 0 Å². The molecule has 0 amide bonds. The van der Waals surface area contributed by atoms with Crippen molar-refractivity contribution in [2.45, 2.75) is 33.4 Å². The maximum absolute atomic E-state index is 5.81. The summed E-state index contributed by atoms with van der Waals surface area (Å²) in [7, 11) is 0. The van der Waals surface area contributed by atoms with Gasteiger partial charge in [0.05, 0.1) is 5.52 Å². The molecular formula is C16H23N3. The van der Waals surface area contributed by atoms with E-state index in [4.69, 9.17) is 5.73 Å². The van der Waals surface area contributed by atoms with Gasteiger partial charge in [0.15, 0.2) is 0 Å². The summed E-state index contributed by atoms with van der Waals surface area (Å²) in [4.78, 5) is 4.57. The lowest BCUT2D eigenvalue weighted by Crippen LogP contribution is -2.39. The molecule has 0 radical (unpaired) electrons. The van der Waals surface area contributed by atoms with Crippen LogP contribution in [-0.4, -0.2) is 17.6 Å². The number of hydrogen-bond donors (Lipinski definition) is 2. The van der Waals surface area contributed by atoms with Crippen LogP contribution in [0.1, 0.15) is 25.1 Å². The third-order valence-electron chi connectivity index (χ3n) is 3.54. The van der Waals surface area contributed by atoms with Crippen molar-refractivity contribution in [3.63, 3.8) is 0 Å². The Kier molecular flexibility index (Phi) is 4.51. The number of pyridine rings is 1. The molecule has 2 rings (SSSR count). The number of nitrogens with zero attached hydrogens (tertiary/aromatic N) is 1. The molecule has 0 aliphatic rings. The Morgan fingerprint density at radius 2 is 2.00 bits per heavy atom. The molecule has 1 heterocycles. The number of aryl methyl sites for hydroxylation is 1. The van der Waals surface area contributed by atoms with Crippen LogP contribution in [0.25, 0.3) is 10.9 Å². The monoisotopic (exact) mass is 257 g/mol. The van der Waals surface area contributed by atoms with Crippen molar-refractivity contribution >= 4 is 10.9 Å². The summed E-state index contributed by atoms with van der Waals surface area (Å²) in [5.41, 5.74) is 9.22. The van der Waals surface area contributed by atoms with E-state index in [2.05, 4.69) is 48.4 Å². The molecule has 0 fully saturated rings. The quantitative estimate of drug-likeness (QED) is 0.865. The van der Waals surface area contributed by atoms with E-state index in [9.17, 15) is 0 Å². The van der Waals surface area contributed by atoms with Crippen molar-refractivity contribution in [1.82, 2.24) is 10.3 Å². The maximum atomic E-state index is 5.81. The van der Waals surface area contributed by atoms with Gasteiger partial charge in [-0.1, -0.05) is 32.0 Å². The summed E-state index contributed by atoms with van der Waals surface area (Å²) < 4.78 is 0. The first kappa shape index (κ1) is 14.0. The first-order valence-electron chi connectivity index (χ1n) is 6.90. The average molecular weight is 257 g/mol. The van der Waals surface area contributed by atoms with Crippen LogP contribution in [0.5, 0.6) is 0 Å². The molecule has 0 bridgehead atoms. The van der Waals surface area contributed by atoms with Gasteiger partial charge in [-0.05, 0) is 30.5 Å². The van der Waals surface area contributed by atoms with E-state index >= 15 is 0 Å². The summed E-state index contributed by atoms with van der Waals surface area (Å²) in [5, 5.41) is 4.77. The molecule has 1 aromatic carbocycles. The minimum absolute atomic E-state index is 0.354. The zero-order chi connectivity index (χ0) is 13.8. The lowest BCUT2D eigenvalue weighted by Gasteiger charge is -2.21. The fourth-order valence-corrected chi connectivity index (χ4v) is 2.37. The van der Waals surface area contributed by atoms with E-state index in [-0.39, 0.29) is 0 Å². The van der Waals surface area contributed by atoms with Crippen molar-refractivity contribution in [3.8, 4) is 0 Å². The van der Waals surface area contributed by atoms with Crippen LogP contribution in [0.2, 0.25) is 0 Å². The number of aromatic nitrogens is 1. The number of nitrogens with one attached hydrogen (secondary N) is 1. The molecule has 102 valence electrons. The molecule has 3 heteroatoms. The minimum Gasteiger partial charge on any atom is -0.329 e. The van der Waals surface area contributed by atoms with E-state index < -0.39 is 0 Å². The Balaban J connectivity index is 2.25. The van der Waals surface area contributed by atoms with E-state index in [1.807, 2.05) is 13.0 Å². The number of hydrogen-bond acceptors (Lipinski definition) is 3. The molecule has 19 heavy (non-hydrogen) atoms. The Morgan fingerprint density at radius 1 is 1.26 bits per heavy atom. The second-order valence-corrected chi connectivity index (χ2v) is 5.41. The van der Waals surface area contributed by atoms with Gasteiger partial charge in [-0.3, -0.25) is 4.98 Å². The number of fused-ring (bicyclic) bond motifs is 1. The van der Waals surface area contributed by atoms with Crippen LogP contribution in [0.4, 0.5) is 0 Å². The molecule has 3 N–H and O–H groups in total. The number of para-hydroxylation sites is 1. The van der Waals surface area contributed by atoms with Crippen LogP contribution in [0.3, 0.4) is 0 Å². The van der Waals surface area contributed by atoms with Crippen molar-refractivity contribution < 1.29 is 0 Å². The standard InChI is InChI=1S/C16H23N3/c1-11(2)16(9-17)18-10-13-8-12(3)19-15-7-5-4-6-14(13)15/h4-8,11,16,18H,9-10,17H2,1-3H3. The summed E-state index contributed by atoms with van der Waals surface area (Å²) in [6.07, 6.45) is 0. The van der Waals surface area contributed by atoms with Crippen molar-refractivity contribution in [3.05, 3.63) is 41.6 Å². The Labute approximate surface area is 115 Å². The predicted octanol–water partition coefficient (Wildman–Crippen LogP) is 2.62.